The number of amides is 1. The average molecular weight is 419 g/mol. The van der Waals surface area contributed by atoms with Crippen LogP contribution in [0.2, 0.25) is 0 Å². The van der Waals surface area contributed by atoms with Gasteiger partial charge < -0.3 is 10.1 Å². The Bertz CT molecular complexity index is 974. The van der Waals surface area contributed by atoms with Crippen LogP contribution in [0.25, 0.3) is 0 Å². The largest absolute Gasteiger partial charge is 0.449 e. The first-order chi connectivity index (χ1) is 13.7. The minimum absolute atomic E-state index is 0.0170. The molecular weight excluding hydrogens is 392 g/mol. The van der Waals surface area contributed by atoms with Gasteiger partial charge in [-0.05, 0) is 57.5 Å². The fourth-order valence-corrected chi connectivity index (χ4v) is 4.54. The first-order valence-corrected chi connectivity index (χ1v) is 10.8. The third kappa shape index (κ3) is 5.14. The van der Waals surface area contributed by atoms with Gasteiger partial charge in [0.05, 0.1) is 16.1 Å². The second kappa shape index (κ2) is 9.56. The Morgan fingerprint density at radius 2 is 1.76 bits per heavy atom. The normalized spacial score (nSPS) is 12.1. The van der Waals surface area contributed by atoms with E-state index < -0.39 is 28.0 Å². The van der Waals surface area contributed by atoms with Gasteiger partial charge >= 0.3 is 5.97 Å². The van der Waals surface area contributed by atoms with Gasteiger partial charge in [0.2, 0.25) is 0 Å². The van der Waals surface area contributed by atoms with Crippen LogP contribution in [0.3, 0.4) is 0 Å². The minimum Gasteiger partial charge on any atom is -0.449 e. The Morgan fingerprint density at radius 1 is 1.10 bits per heavy atom. The Kier molecular flexibility index (Phi) is 7.39. The molecule has 0 saturated heterocycles. The Hall–Kier alpha value is -2.87. The number of sulfonamides is 1. The summed E-state index contributed by atoms with van der Waals surface area (Å²) in [5.74, 6) is -1.18. The first kappa shape index (κ1) is 22.4. The highest BCUT2D eigenvalue weighted by atomic mass is 32.2. The number of carbonyl (C=O) groups is 2. The number of hydrogen-bond donors (Lipinski definition) is 1. The molecule has 0 aliphatic heterocycles. The molecule has 0 fully saturated rings. The molecule has 0 aliphatic carbocycles. The van der Waals surface area contributed by atoms with E-state index in [-0.39, 0.29) is 17.0 Å². The summed E-state index contributed by atoms with van der Waals surface area (Å²) in [5.41, 5.74) is 1.11. The fourth-order valence-electron chi connectivity index (χ4n) is 2.81. The monoisotopic (exact) mass is 418 g/mol. The van der Waals surface area contributed by atoms with Gasteiger partial charge in [-0.2, -0.15) is 0 Å². The summed E-state index contributed by atoms with van der Waals surface area (Å²) in [4.78, 5) is 24.3. The van der Waals surface area contributed by atoms with Crippen molar-refractivity contribution >= 4 is 27.6 Å². The molecule has 1 amide bonds. The van der Waals surface area contributed by atoms with Crippen molar-refractivity contribution in [3.8, 4) is 0 Å². The molecule has 1 atom stereocenters. The second-order valence-corrected chi connectivity index (χ2v) is 8.26. The van der Waals surface area contributed by atoms with Crippen LogP contribution in [0, 0.1) is 6.92 Å². The molecule has 8 heteroatoms. The number of aryl methyl sites for hydroxylation is 1. The smallest absolute Gasteiger partial charge is 0.338 e. The van der Waals surface area contributed by atoms with E-state index in [0.717, 1.165) is 0 Å². The summed E-state index contributed by atoms with van der Waals surface area (Å²) in [7, 11) is -3.90. The van der Waals surface area contributed by atoms with Crippen molar-refractivity contribution in [2.75, 3.05) is 17.4 Å². The lowest BCUT2D eigenvalue weighted by Gasteiger charge is -2.24. The van der Waals surface area contributed by atoms with E-state index in [4.69, 9.17) is 4.74 Å². The number of hydrogen-bond acceptors (Lipinski definition) is 5. The summed E-state index contributed by atoms with van der Waals surface area (Å²) in [6, 6.07) is 13.1. The number of benzene rings is 2. The van der Waals surface area contributed by atoms with Gasteiger partial charge in [0.25, 0.3) is 15.9 Å². The number of rotatable bonds is 8. The maximum atomic E-state index is 13.3. The van der Waals surface area contributed by atoms with Gasteiger partial charge in [-0.25, -0.2) is 13.2 Å². The molecule has 156 valence electrons. The van der Waals surface area contributed by atoms with Crippen LogP contribution in [-0.2, 0) is 19.6 Å². The van der Waals surface area contributed by atoms with Crippen LogP contribution < -0.4 is 9.62 Å². The number of para-hydroxylation sites is 1. The van der Waals surface area contributed by atoms with E-state index in [1.807, 2.05) is 6.07 Å². The van der Waals surface area contributed by atoms with Crippen molar-refractivity contribution in [3.05, 3.63) is 59.7 Å². The van der Waals surface area contributed by atoms with Gasteiger partial charge in [0, 0.05) is 13.1 Å². The molecule has 29 heavy (non-hydrogen) atoms. The molecule has 0 bridgehead atoms. The zero-order valence-corrected chi connectivity index (χ0v) is 17.8. The van der Waals surface area contributed by atoms with Crippen molar-refractivity contribution in [2.45, 2.75) is 38.7 Å². The predicted molar refractivity (Wildman–Crippen MR) is 111 cm³/mol. The molecule has 0 heterocycles. The Balaban J connectivity index is 2.37. The third-order valence-corrected chi connectivity index (χ3v) is 6.37. The van der Waals surface area contributed by atoms with E-state index >= 15 is 0 Å². The van der Waals surface area contributed by atoms with Crippen LogP contribution in [0.1, 0.15) is 36.7 Å². The standard InChI is InChI=1S/C21H26N2O5S/c1-5-22-20(24)16(4)28-21(25)17-13-12-15(3)19(14-17)29(26,27)23(6-2)18-10-8-7-9-11-18/h7-14,16H,5-6H2,1-4H3,(H,22,24)/t16-/m1/s1. The van der Waals surface area contributed by atoms with Crippen molar-refractivity contribution < 1.29 is 22.7 Å². The average Bonchev–Trinajstić information content (AvgIpc) is 2.69. The maximum Gasteiger partial charge on any atom is 0.338 e. The Morgan fingerprint density at radius 3 is 2.34 bits per heavy atom. The van der Waals surface area contributed by atoms with Gasteiger partial charge in [0.1, 0.15) is 0 Å². The molecule has 0 radical (unpaired) electrons. The minimum atomic E-state index is -3.90. The first-order valence-electron chi connectivity index (χ1n) is 9.39. The molecule has 0 saturated carbocycles. The lowest BCUT2D eigenvalue weighted by molar-refractivity contribution is -0.128. The van der Waals surface area contributed by atoms with Crippen molar-refractivity contribution in [1.82, 2.24) is 5.32 Å². The molecular formula is C21H26N2O5S. The van der Waals surface area contributed by atoms with Crippen LogP contribution in [0.15, 0.2) is 53.4 Å². The van der Waals surface area contributed by atoms with Crippen molar-refractivity contribution in [2.24, 2.45) is 0 Å². The van der Waals surface area contributed by atoms with E-state index in [9.17, 15) is 18.0 Å². The van der Waals surface area contributed by atoms with Crippen LogP contribution in [0.5, 0.6) is 0 Å². The SMILES string of the molecule is CCNC(=O)[C@@H](C)OC(=O)c1ccc(C)c(S(=O)(=O)N(CC)c2ccccc2)c1. The van der Waals surface area contributed by atoms with Gasteiger partial charge in [0.15, 0.2) is 6.10 Å². The molecule has 0 unspecified atom stereocenters. The third-order valence-electron chi connectivity index (χ3n) is 4.33. The number of likely N-dealkylation sites (N-methyl/N-ethyl adjacent to an activating group) is 1. The molecule has 0 spiro atoms. The zero-order chi connectivity index (χ0) is 21.6. The van der Waals surface area contributed by atoms with Crippen LogP contribution in [-0.4, -0.2) is 39.5 Å². The van der Waals surface area contributed by atoms with Gasteiger partial charge in [-0.3, -0.25) is 9.10 Å². The lowest BCUT2D eigenvalue weighted by atomic mass is 10.1. The molecule has 0 aromatic heterocycles. The zero-order valence-electron chi connectivity index (χ0n) is 17.0. The fraction of sp³-hybridized carbons (Fsp3) is 0.333. The highest BCUT2D eigenvalue weighted by Gasteiger charge is 2.27. The lowest BCUT2D eigenvalue weighted by Crippen LogP contribution is -2.35. The summed E-state index contributed by atoms with van der Waals surface area (Å²) in [6.07, 6.45) is -0.986. The van der Waals surface area contributed by atoms with Crippen molar-refractivity contribution in [3.63, 3.8) is 0 Å². The Labute approximate surface area is 171 Å². The summed E-state index contributed by atoms with van der Waals surface area (Å²) in [6.45, 7) is 7.28. The molecule has 2 rings (SSSR count). The highest BCUT2D eigenvalue weighted by molar-refractivity contribution is 7.92. The number of nitrogens with zero attached hydrogens (tertiary/aromatic N) is 1. The van der Waals surface area contributed by atoms with E-state index in [0.29, 0.717) is 17.8 Å². The number of carbonyl (C=O) groups excluding carboxylic acids is 2. The quantitative estimate of drug-likeness (QED) is 0.666. The second-order valence-electron chi connectivity index (χ2n) is 6.43. The molecule has 2 aromatic rings. The summed E-state index contributed by atoms with van der Waals surface area (Å²) < 4.78 is 33.0. The molecule has 0 aliphatic rings. The maximum absolute atomic E-state index is 13.3. The van der Waals surface area contributed by atoms with E-state index in [1.54, 1.807) is 51.1 Å². The van der Waals surface area contributed by atoms with E-state index in [2.05, 4.69) is 5.32 Å². The summed E-state index contributed by atoms with van der Waals surface area (Å²) in [5, 5.41) is 2.57. The molecule has 1 N–H and O–H groups in total. The predicted octanol–water partition coefficient (Wildman–Crippen LogP) is 2.89. The molecule has 2 aromatic carbocycles. The number of ether oxygens (including phenoxy) is 1. The highest BCUT2D eigenvalue weighted by Crippen LogP contribution is 2.26. The summed E-state index contributed by atoms with van der Waals surface area (Å²) >= 11 is 0. The van der Waals surface area contributed by atoms with Crippen molar-refractivity contribution in [1.29, 1.82) is 0 Å². The van der Waals surface area contributed by atoms with Gasteiger partial charge in [-0.1, -0.05) is 24.3 Å². The number of esters is 1. The van der Waals surface area contributed by atoms with E-state index in [1.165, 1.54) is 23.4 Å². The molecule has 7 nitrogen and oxygen atoms in total. The van der Waals surface area contributed by atoms with Gasteiger partial charge in [-0.15, -0.1) is 0 Å². The number of anilines is 1. The number of nitrogens with one attached hydrogen (secondary N) is 1. The topological polar surface area (TPSA) is 92.8 Å². The van der Waals surface area contributed by atoms with Crippen LogP contribution in [0.4, 0.5) is 5.69 Å². The van der Waals surface area contributed by atoms with Crippen LogP contribution >= 0.6 is 0 Å².